The zero-order chi connectivity index (χ0) is 45.4. The third kappa shape index (κ3) is 33.3. The van der Waals surface area contributed by atoms with Gasteiger partial charge in [-0.3, -0.25) is 9.35 Å². The van der Waals surface area contributed by atoms with Crippen molar-refractivity contribution in [2.24, 2.45) is 0 Å². The maximum Gasteiger partial charge on any atom is 0.397 e. The molecule has 1 aliphatic heterocycles. The fourth-order valence-electron chi connectivity index (χ4n) is 7.02. The summed E-state index contributed by atoms with van der Waals surface area (Å²) in [6.45, 7) is 3.73. The summed E-state index contributed by atoms with van der Waals surface area (Å²) in [5, 5.41) is 30.7. The minimum atomic E-state index is -5.07. The van der Waals surface area contributed by atoms with Crippen molar-refractivity contribution in [3.05, 3.63) is 60.8 Å². The number of aliphatic hydroxyl groups is 3. The van der Waals surface area contributed by atoms with Crippen LogP contribution in [0.3, 0.4) is 0 Å². The SMILES string of the molecule is CC/C=C\C/C=C\C/C=C\C/C=C\CCCOCC(COC1OC(CO)C(O)C(OS(=O)(=O)O)C1O)OC(=O)CCCCCCCCCCC/C=C\CCCCCCCCCC. The third-order valence-electron chi connectivity index (χ3n) is 10.6. The van der Waals surface area contributed by atoms with Gasteiger partial charge in [0.05, 0.1) is 19.8 Å². The Morgan fingerprint density at radius 3 is 1.65 bits per heavy atom. The standard InChI is InChI=1S/C49H86O12S/c1-3-5-7-9-11-13-15-17-19-20-21-22-23-24-25-26-28-30-32-34-36-38-45(51)59-43(41-57-39-37-35-33-31-29-27-18-16-14-12-10-8-6-4-2)42-58-49-47(53)48(61-62(54,55)56)46(52)44(40-50)60-49/h6,8,12,14,18,20-21,27,31,33,43-44,46-50,52-53H,3-5,7,9-11,13,15-17,19,22-26,28-30,32,34-42H2,1-2H3,(H,54,55,56)/b8-6-,14-12-,21-20-,27-18-,33-31-. The second-order valence-electron chi connectivity index (χ2n) is 16.3. The number of carbonyl (C=O) groups excluding carboxylic acids is 1. The quantitative estimate of drug-likeness (QED) is 0.0198. The second-order valence-corrected chi connectivity index (χ2v) is 17.4. The average Bonchev–Trinajstić information content (AvgIpc) is 3.24. The summed E-state index contributed by atoms with van der Waals surface area (Å²) >= 11 is 0. The monoisotopic (exact) mass is 899 g/mol. The number of hydrogen-bond donors (Lipinski definition) is 4. The minimum Gasteiger partial charge on any atom is -0.457 e. The molecule has 360 valence electrons. The van der Waals surface area contributed by atoms with Crippen molar-refractivity contribution in [2.75, 3.05) is 26.4 Å². The zero-order valence-electron chi connectivity index (χ0n) is 38.4. The largest absolute Gasteiger partial charge is 0.457 e. The van der Waals surface area contributed by atoms with E-state index in [1.807, 2.05) is 0 Å². The molecule has 12 nitrogen and oxygen atoms in total. The highest BCUT2D eigenvalue weighted by atomic mass is 32.3. The van der Waals surface area contributed by atoms with Crippen LogP contribution in [0.1, 0.15) is 181 Å². The van der Waals surface area contributed by atoms with Crippen LogP contribution in [0.2, 0.25) is 0 Å². The molecule has 0 radical (unpaired) electrons. The van der Waals surface area contributed by atoms with E-state index in [0.717, 1.165) is 57.8 Å². The number of unbranched alkanes of at least 4 members (excludes halogenated alkanes) is 18. The summed E-state index contributed by atoms with van der Waals surface area (Å²) in [5.41, 5.74) is 0. The summed E-state index contributed by atoms with van der Waals surface area (Å²) in [6, 6.07) is 0. The van der Waals surface area contributed by atoms with Crippen LogP contribution in [0, 0.1) is 0 Å². The summed E-state index contributed by atoms with van der Waals surface area (Å²) < 4.78 is 59.0. The molecule has 6 atom stereocenters. The van der Waals surface area contributed by atoms with Gasteiger partial charge in [0.25, 0.3) is 0 Å². The van der Waals surface area contributed by atoms with Gasteiger partial charge in [-0.15, -0.1) is 0 Å². The number of rotatable bonds is 41. The summed E-state index contributed by atoms with van der Waals surface area (Å²) in [7, 11) is -5.07. The first-order valence-electron chi connectivity index (χ1n) is 24.0. The first-order chi connectivity index (χ1) is 30.1. The molecule has 1 rings (SSSR count). The normalized spacial score (nSPS) is 20.5. The van der Waals surface area contributed by atoms with E-state index in [1.54, 1.807) is 0 Å². The topological polar surface area (TPSA) is 178 Å². The number of esters is 1. The van der Waals surface area contributed by atoms with Crippen molar-refractivity contribution in [3.63, 3.8) is 0 Å². The molecule has 1 aliphatic rings. The van der Waals surface area contributed by atoms with Crippen molar-refractivity contribution in [1.29, 1.82) is 0 Å². The predicted molar refractivity (Wildman–Crippen MR) is 248 cm³/mol. The van der Waals surface area contributed by atoms with Crippen LogP contribution in [-0.2, 0) is 38.3 Å². The van der Waals surface area contributed by atoms with Crippen molar-refractivity contribution in [2.45, 2.75) is 218 Å². The van der Waals surface area contributed by atoms with E-state index in [9.17, 15) is 28.5 Å². The van der Waals surface area contributed by atoms with E-state index in [4.69, 9.17) is 23.5 Å². The predicted octanol–water partition coefficient (Wildman–Crippen LogP) is 10.5. The van der Waals surface area contributed by atoms with Crippen molar-refractivity contribution in [1.82, 2.24) is 0 Å². The summed E-state index contributed by atoms with van der Waals surface area (Å²) in [5.74, 6) is -0.421. The van der Waals surface area contributed by atoms with Gasteiger partial charge in [0.1, 0.15) is 30.5 Å². The molecule has 1 saturated heterocycles. The van der Waals surface area contributed by atoms with Crippen LogP contribution in [0.5, 0.6) is 0 Å². The molecule has 62 heavy (non-hydrogen) atoms. The fraction of sp³-hybridized carbons (Fsp3) is 0.776. The Morgan fingerprint density at radius 1 is 0.629 bits per heavy atom. The summed E-state index contributed by atoms with van der Waals surface area (Å²) in [4.78, 5) is 12.9. The Morgan fingerprint density at radius 2 is 1.11 bits per heavy atom. The Hall–Kier alpha value is -2.20. The third-order valence-corrected chi connectivity index (χ3v) is 11.1. The average molecular weight is 899 g/mol. The Balaban J connectivity index is 2.41. The number of ether oxygens (including phenoxy) is 4. The number of allylic oxidation sites excluding steroid dienone is 10. The molecule has 0 saturated carbocycles. The highest BCUT2D eigenvalue weighted by Crippen LogP contribution is 2.26. The highest BCUT2D eigenvalue weighted by molar-refractivity contribution is 7.80. The molecule has 0 bridgehead atoms. The van der Waals surface area contributed by atoms with Gasteiger partial charge in [-0.05, 0) is 70.6 Å². The smallest absolute Gasteiger partial charge is 0.397 e. The lowest BCUT2D eigenvalue weighted by Gasteiger charge is -2.41. The lowest BCUT2D eigenvalue weighted by Crippen LogP contribution is -2.60. The Labute approximate surface area is 376 Å². The van der Waals surface area contributed by atoms with Gasteiger partial charge in [-0.1, -0.05) is 164 Å². The number of carbonyl (C=O) groups is 1. The van der Waals surface area contributed by atoms with Gasteiger partial charge in [-0.2, -0.15) is 8.42 Å². The van der Waals surface area contributed by atoms with E-state index in [2.05, 4.69) is 78.8 Å². The number of hydrogen-bond acceptors (Lipinski definition) is 11. The van der Waals surface area contributed by atoms with Crippen LogP contribution in [0.15, 0.2) is 60.8 Å². The molecule has 0 aromatic rings. The van der Waals surface area contributed by atoms with Crippen LogP contribution in [0.25, 0.3) is 0 Å². The molecule has 6 unspecified atom stereocenters. The van der Waals surface area contributed by atoms with Crippen LogP contribution in [-0.4, -0.2) is 97.5 Å². The molecule has 4 N–H and O–H groups in total. The van der Waals surface area contributed by atoms with E-state index in [-0.39, 0.29) is 19.6 Å². The first kappa shape index (κ1) is 57.8. The maximum atomic E-state index is 12.9. The van der Waals surface area contributed by atoms with Crippen molar-refractivity contribution in [3.8, 4) is 0 Å². The number of aliphatic hydroxyl groups excluding tert-OH is 3. The van der Waals surface area contributed by atoms with Gasteiger partial charge >= 0.3 is 16.4 Å². The van der Waals surface area contributed by atoms with Gasteiger partial charge in [0, 0.05) is 13.0 Å². The molecule has 13 heteroatoms. The van der Waals surface area contributed by atoms with Gasteiger partial charge in [0.15, 0.2) is 6.29 Å². The maximum absolute atomic E-state index is 12.9. The first-order valence-corrected chi connectivity index (χ1v) is 25.4. The lowest BCUT2D eigenvalue weighted by molar-refractivity contribution is -0.301. The van der Waals surface area contributed by atoms with E-state index in [1.165, 1.54) is 96.3 Å². The van der Waals surface area contributed by atoms with Crippen molar-refractivity contribution < 1.29 is 56.2 Å². The van der Waals surface area contributed by atoms with Crippen molar-refractivity contribution >= 4 is 16.4 Å². The van der Waals surface area contributed by atoms with Gasteiger partial charge in [-0.25, -0.2) is 4.18 Å². The highest BCUT2D eigenvalue weighted by Gasteiger charge is 2.48. The molecule has 0 aromatic carbocycles. The van der Waals surface area contributed by atoms with E-state index in [0.29, 0.717) is 13.0 Å². The molecule has 0 amide bonds. The van der Waals surface area contributed by atoms with Gasteiger partial charge < -0.3 is 34.3 Å². The molecule has 0 aromatic heterocycles. The second kappa shape index (κ2) is 40.3. The molecule has 1 fully saturated rings. The molecule has 0 spiro atoms. The molecule has 0 aliphatic carbocycles. The molecular formula is C49H86O12S. The minimum absolute atomic E-state index is 0.00461. The molecular weight excluding hydrogens is 813 g/mol. The summed E-state index contributed by atoms with van der Waals surface area (Å²) in [6.07, 6.45) is 41.3. The van der Waals surface area contributed by atoms with Gasteiger partial charge in [0.2, 0.25) is 0 Å². The Kier molecular flexibility index (Phi) is 37.6. The van der Waals surface area contributed by atoms with Crippen LogP contribution in [0.4, 0.5) is 0 Å². The molecule has 1 heterocycles. The van der Waals surface area contributed by atoms with E-state index < -0.39 is 59.8 Å². The van der Waals surface area contributed by atoms with Crippen LogP contribution >= 0.6 is 0 Å². The fourth-order valence-corrected chi connectivity index (χ4v) is 7.53. The lowest BCUT2D eigenvalue weighted by atomic mass is 9.99. The van der Waals surface area contributed by atoms with Crippen LogP contribution < -0.4 is 0 Å². The van der Waals surface area contributed by atoms with E-state index >= 15 is 0 Å². The Bertz CT molecular complexity index is 1310. The zero-order valence-corrected chi connectivity index (χ0v) is 39.2.